The van der Waals surface area contributed by atoms with Gasteiger partial charge < -0.3 is 20.2 Å². The van der Waals surface area contributed by atoms with E-state index in [0.717, 1.165) is 10.1 Å². The number of sulfonamides is 1. The lowest BCUT2D eigenvalue weighted by molar-refractivity contribution is -0.139. The maximum atomic E-state index is 13.5. The highest BCUT2D eigenvalue weighted by molar-refractivity contribution is 7.89. The number of benzene rings is 2. The Hall–Kier alpha value is -3.32. The van der Waals surface area contributed by atoms with Crippen LogP contribution < -0.4 is 10.0 Å². The maximum Gasteiger partial charge on any atom is 0.274 e. The normalized spacial score (nSPS) is 15.1. The second kappa shape index (κ2) is 13.3. The Balaban J connectivity index is 1.39. The van der Waals surface area contributed by atoms with Gasteiger partial charge in [0.1, 0.15) is 22.9 Å². The van der Waals surface area contributed by atoms with Crippen LogP contribution in [-0.4, -0.2) is 73.3 Å². The fraction of sp³-hybridized carbons (Fsp3) is 0.321. The molecule has 3 amide bonds. The summed E-state index contributed by atoms with van der Waals surface area (Å²) < 4.78 is 28.7. The van der Waals surface area contributed by atoms with Crippen molar-refractivity contribution >= 4 is 72.4 Å². The molecular weight excluding hydrogens is 623 g/mol. The lowest BCUT2D eigenvalue weighted by Crippen LogP contribution is -2.56. The van der Waals surface area contributed by atoms with Crippen LogP contribution in [0.5, 0.6) is 0 Å². The first-order chi connectivity index (χ1) is 19.9. The molecule has 0 spiro atoms. The number of nitrogens with one attached hydrogen (secondary N) is 2. The van der Waals surface area contributed by atoms with Gasteiger partial charge in [-0.3, -0.25) is 19.1 Å². The number of aliphatic hydroxyl groups excluding tert-OH is 1. The first kappa shape index (κ1) is 31.6. The van der Waals surface area contributed by atoms with Gasteiger partial charge in [-0.05, 0) is 48.1 Å². The van der Waals surface area contributed by atoms with E-state index < -0.39 is 27.7 Å². The van der Waals surface area contributed by atoms with Gasteiger partial charge in [-0.15, -0.1) is 11.3 Å². The van der Waals surface area contributed by atoms with Gasteiger partial charge in [0.2, 0.25) is 5.91 Å². The minimum Gasteiger partial charge on any atom is -0.513 e. The van der Waals surface area contributed by atoms with Crippen LogP contribution in [0.2, 0.25) is 10.0 Å². The quantitative estimate of drug-likeness (QED) is 0.232. The second-order valence-corrected chi connectivity index (χ2v) is 13.7. The third-order valence-corrected chi connectivity index (χ3v) is 9.82. The molecule has 0 bridgehead atoms. The topological polar surface area (TPSA) is 136 Å². The van der Waals surface area contributed by atoms with Crippen molar-refractivity contribution in [2.45, 2.75) is 31.2 Å². The van der Waals surface area contributed by atoms with E-state index in [2.05, 4.69) is 10.0 Å². The van der Waals surface area contributed by atoms with Crippen molar-refractivity contribution in [2.24, 2.45) is 5.92 Å². The van der Waals surface area contributed by atoms with Gasteiger partial charge in [0.25, 0.3) is 21.8 Å². The highest BCUT2D eigenvalue weighted by Crippen LogP contribution is 2.27. The second-order valence-electron chi connectivity index (χ2n) is 10.1. The third kappa shape index (κ3) is 7.35. The Morgan fingerprint density at radius 1 is 1.02 bits per heavy atom. The summed E-state index contributed by atoms with van der Waals surface area (Å²) in [6.07, 6.45) is 0.810. The van der Waals surface area contributed by atoms with E-state index in [0.29, 0.717) is 17.6 Å². The molecule has 0 radical (unpaired) electrons. The highest BCUT2D eigenvalue weighted by atomic mass is 35.5. The third-order valence-electron chi connectivity index (χ3n) is 6.63. The Morgan fingerprint density at radius 2 is 1.69 bits per heavy atom. The molecule has 224 valence electrons. The molecule has 1 fully saturated rings. The predicted molar refractivity (Wildman–Crippen MR) is 163 cm³/mol. The number of fused-ring (bicyclic) bond motifs is 1. The van der Waals surface area contributed by atoms with E-state index in [-0.39, 0.29) is 58.9 Å². The number of hydrogen-bond donors (Lipinski definition) is 3. The molecule has 42 heavy (non-hydrogen) atoms. The van der Waals surface area contributed by atoms with Crippen molar-refractivity contribution in [2.75, 3.05) is 26.2 Å². The number of amides is 3. The fourth-order valence-corrected chi connectivity index (χ4v) is 7.34. The summed E-state index contributed by atoms with van der Waals surface area (Å²) in [5.41, 5.74) is -0.575. The predicted octanol–water partition coefficient (Wildman–Crippen LogP) is 4.40. The van der Waals surface area contributed by atoms with E-state index in [1.54, 1.807) is 11.0 Å². The standard InChI is InChI=1S/C28H30Cl2N4O6S2/c1-17(2)13-21(31-26(36)24-14-18-5-3-4-6-23(18)41-24)27(37)33-9-11-34(12-10-33)28(38)22(16-35)32-42(39,40)25-8-7-19(29)15-20(25)30/h3-8,14-17,21,32,35H,9-13H2,1-2H3,(H,31,36)/b22-16+/t21-/m0/s1. The number of rotatable bonds is 9. The lowest BCUT2D eigenvalue weighted by atomic mass is 10.0. The molecule has 1 saturated heterocycles. The maximum absolute atomic E-state index is 13.5. The van der Waals surface area contributed by atoms with Gasteiger partial charge in [0.05, 0.1) is 9.90 Å². The molecule has 10 nitrogen and oxygen atoms in total. The zero-order valence-corrected chi connectivity index (χ0v) is 26.0. The molecule has 0 saturated carbocycles. The van der Waals surface area contributed by atoms with Crippen molar-refractivity contribution in [3.05, 3.63) is 75.4 Å². The van der Waals surface area contributed by atoms with Crippen LogP contribution in [-0.2, 0) is 19.6 Å². The highest BCUT2D eigenvalue weighted by Gasteiger charge is 2.33. The Bertz CT molecular complexity index is 1600. The van der Waals surface area contributed by atoms with Gasteiger partial charge in [-0.2, -0.15) is 0 Å². The molecule has 3 aromatic rings. The van der Waals surface area contributed by atoms with Crippen molar-refractivity contribution in [1.82, 2.24) is 19.8 Å². The molecule has 4 rings (SSSR count). The molecular formula is C28H30Cl2N4O6S2. The van der Waals surface area contributed by atoms with E-state index in [4.69, 9.17) is 23.2 Å². The van der Waals surface area contributed by atoms with E-state index in [1.807, 2.05) is 38.1 Å². The lowest BCUT2D eigenvalue weighted by Gasteiger charge is -2.37. The number of carbonyl (C=O) groups is 3. The van der Waals surface area contributed by atoms with Crippen molar-refractivity contribution in [3.8, 4) is 0 Å². The average Bonchev–Trinajstić information content (AvgIpc) is 3.39. The summed E-state index contributed by atoms with van der Waals surface area (Å²) in [5.74, 6) is -1.23. The van der Waals surface area contributed by atoms with E-state index in [9.17, 15) is 27.9 Å². The number of piperazine rings is 1. The van der Waals surface area contributed by atoms with Crippen LogP contribution in [0.3, 0.4) is 0 Å². The summed E-state index contributed by atoms with van der Waals surface area (Å²) in [4.78, 5) is 42.7. The van der Waals surface area contributed by atoms with Gasteiger partial charge in [0, 0.05) is 35.9 Å². The molecule has 2 heterocycles. The molecule has 0 unspecified atom stereocenters. The zero-order valence-electron chi connectivity index (χ0n) is 22.8. The zero-order chi connectivity index (χ0) is 30.6. The van der Waals surface area contributed by atoms with E-state index in [1.165, 1.54) is 34.4 Å². The van der Waals surface area contributed by atoms with Crippen LogP contribution in [0, 0.1) is 5.92 Å². The van der Waals surface area contributed by atoms with Gasteiger partial charge >= 0.3 is 0 Å². The molecule has 1 aliphatic heterocycles. The first-order valence-electron chi connectivity index (χ1n) is 13.1. The molecule has 1 aliphatic rings. The number of carbonyl (C=O) groups excluding carboxylic acids is 3. The van der Waals surface area contributed by atoms with E-state index >= 15 is 0 Å². The minimum absolute atomic E-state index is 0.0873. The number of hydrogen-bond acceptors (Lipinski definition) is 7. The van der Waals surface area contributed by atoms with Crippen LogP contribution in [0.4, 0.5) is 0 Å². The van der Waals surface area contributed by atoms with Crippen LogP contribution in [0.15, 0.2) is 65.4 Å². The summed E-state index contributed by atoms with van der Waals surface area (Å²) in [6, 6.07) is 12.5. The number of aliphatic hydroxyl groups is 1. The average molecular weight is 654 g/mol. The minimum atomic E-state index is -4.31. The Kier molecular flexibility index (Phi) is 10.0. The van der Waals surface area contributed by atoms with Gasteiger partial charge in [-0.1, -0.05) is 55.2 Å². The summed E-state index contributed by atoms with van der Waals surface area (Å²) >= 11 is 13.2. The Labute approximate surface area is 257 Å². The molecule has 14 heteroatoms. The molecule has 3 N–H and O–H groups in total. The smallest absolute Gasteiger partial charge is 0.274 e. The van der Waals surface area contributed by atoms with Crippen molar-refractivity contribution < 1.29 is 27.9 Å². The monoisotopic (exact) mass is 652 g/mol. The number of nitrogens with zero attached hydrogens (tertiary/aromatic N) is 2. The summed E-state index contributed by atoms with van der Waals surface area (Å²) in [5, 5.41) is 13.6. The van der Waals surface area contributed by atoms with Crippen LogP contribution in [0.1, 0.15) is 29.9 Å². The van der Waals surface area contributed by atoms with Crippen LogP contribution in [0.25, 0.3) is 10.1 Å². The van der Waals surface area contributed by atoms with Crippen molar-refractivity contribution in [3.63, 3.8) is 0 Å². The summed E-state index contributed by atoms with van der Waals surface area (Å²) in [6.45, 7) is 4.42. The fourth-order valence-electron chi connectivity index (χ4n) is 4.55. The van der Waals surface area contributed by atoms with Gasteiger partial charge in [-0.25, -0.2) is 8.42 Å². The molecule has 0 aliphatic carbocycles. The number of thiophene rings is 1. The van der Waals surface area contributed by atoms with Gasteiger partial charge in [0.15, 0.2) is 0 Å². The molecule has 1 atom stereocenters. The SMILES string of the molecule is CC(C)C[C@H](NC(=O)c1cc2ccccc2s1)C(=O)N1CCN(C(=O)/C(=C\O)NS(=O)(=O)c2ccc(Cl)cc2Cl)CC1. The first-order valence-corrected chi connectivity index (χ1v) is 16.1. The van der Waals surface area contributed by atoms with Crippen molar-refractivity contribution in [1.29, 1.82) is 0 Å². The molecule has 2 aromatic carbocycles. The molecule has 1 aromatic heterocycles. The number of halogens is 2. The van der Waals surface area contributed by atoms with Crippen LogP contribution >= 0.6 is 34.5 Å². The summed E-state index contributed by atoms with van der Waals surface area (Å²) in [7, 11) is -4.31. The largest absolute Gasteiger partial charge is 0.513 e. The Morgan fingerprint density at radius 3 is 2.31 bits per heavy atom.